The van der Waals surface area contributed by atoms with E-state index < -0.39 is 0 Å². The average Bonchev–Trinajstić information content (AvgIpc) is 3.25. The van der Waals surface area contributed by atoms with Crippen LogP contribution in [-0.2, 0) is 7.05 Å². The van der Waals surface area contributed by atoms with Crippen LogP contribution in [0.25, 0.3) is 22.8 Å². The van der Waals surface area contributed by atoms with Crippen molar-refractivity contribution in [1.29, 1.82) is 0 Å². The molecule has 0 unspecified atom stereocenters. The van der Waals surface area contributed by atoms with Crippen LogP contribution in [0.3, 0.4) is 0 Å². The number of oxazole rings is 1. The van der Waals surface area contributed by atoms with Gasteiger partial charge in [0, 0.05) is 31.1 Å². The highest BCUT2D eigenvalue weighted by Crippen LogP contribution is 2.23. The van der Waals surface area contributed by atoms with Crippen LogP contribution >= 0.6 is 0 Å². The van der Waals surface area contributed by atoms with Crippen molar-refractivity contribution in [3.63, 3.8) is 0 Å². The van der Waals surface area contributed by atoms with Crippen molar-refractivity contribution >= 4 is 11.8 Å². The maximum Gasteiger partial charge on any atom is 0.245 e. The summed E-state index contributed by atoms with van der Waals surface area (Å²) in [5.74, 6) is 1.55. The third-order valence-electron chi connectivity index (χ3n) is 3.40. The molecule has 7 heteroatoms. The van der Waals surface area contributed by atoms with Crippen molar-refractivity contribution in [2.75, 3.05) is 5.32 Å². The second-order valence-corrected chi connectivity index (χ2v) is 5.17. The van der Waals surface area contributed by atoms with Crippen molar-refractivity contribution < 1.29 is 4.42 Å². The summed E-state index contributed by atoms with van der Waals surface area (Å²) in [6, 6.07) is 13.4. The Bertz CT molecular complexity index is 960. The van der Waals surface area contributed by atoms with Gasteiger partial charge in [0.05, 0.1) is 0 Å². The fourth-order valence-corrected chi connectivity index (χ4v) is 2.27. The monoisotopic (exact) mass is 318 g/mol. The van der Waals surface area contributed by atoms with E-state index in [1.54, 1.807) is 23.2 Å². The molecule has 0 aliphatic rings. The molecule has 0 atom stereocenters. The summed E-state index contributed by atoms with van der Waals surface area (Å²) >= 11 is 0. The second kappa shape index (κ2) is 5.96. The number of aromatic nitrogens is 5. The first-order valence-corrected chi connectivity index (χ1v) is 7.39. The van der Waals surface area contributed by atoms with Gasteiger partial charge in [-0.2, -0.15) is 5.10 Å². The van der Waals surface area contributed by atoms with E-state index in [0.29, 0.717) is 23.4 Å². The Morgan fingerprint density at radius 2 is 1.88 bits per heavy atom. The Kier molecular flexibility index (Phi) is 3.51. The fraction of sp³-hybridized carbons (Fsp3) is 0.0588. The van der Waals surface area contributed by atoms with Crippen molar-refractivity contribution in [3.8, 4) is 22.8 Å². The third kappa shape index (κ3) is 2.87. The smallest absolute Gasteiger partial charge is 0.245 e. The number of nitrogens with zero attached hydrogens (tertiary/aromatic N) is 5. The molecule has 4 aromatic rings. The zero-order valence-corrected chi connectivity index (χ0v) is 12.9. The molecule has 1 aromatic carbocycles. The number of anilines is 2. The molecular weight excluding hydrogens is 304 g/mol. The van der Waals surface area contributed by atoms with Gasteiger partial charge in [0.2, 0.25) is 11.8 Å². The molecule has 118 valence electrons. The minimum atomic E-state index is 0.436. The molecule has 3 heterocycles. The second-order valence-electron chi connectivity index (χ2n) is 5.17. The van der Waals surface area contributed by atoms with Gasteiger partial charge in [-0.15, -0.1) is 0 Å². The first kappa shape index (κ1) is 14.1. The summed E-state index contributed by atoms with van der Waals surface area (Å²) in [6.07, 6.45) is 5.12. The summed E-state index contributed by atoms with van der Waals surface area (Å²) < 4.78 is 7.27. The number of nitrogens with one attached hydrogen (secondary N) is 1. The summed E-state index contributed by atoms with van der Waals surface area (Å²) in [6.45, 7) is 0. The summed E-state index contributed by atoms with van der Waals surface area (Å²) in [7, 11) is 1.85. The first-order valence-electron chi connectivity index (χ1n) is 7.39. The predicted molar refractivity (Wildman–Crippen MR) is 89.5 cm³/mol. The predicted octanol–water partition coefficient (Wildman–Crippen LogP) is 3.28. The zero-order valence-electron chi connectivity index (χ0n) is 12.9. The van der Waals surface area contributed by atoms with Crippen molar-refractivity contribution in [2.24, 2.45) is 7.05 Å². The Balaban J connectivity index is 1.61. The van der Waals surface area contributed by atoms with E-state index in [2.05, 4.69) is 25.4 Å². The van der Waals surface area contributed by atoms with Gasteiger partial charge in [0.25, 0.3) is 0 Å². The van der Waals surface area contributed by atoms with Gasteiger partial charge >= 0.3 is 0 Å². The average molecular weight is 318 g/mol. The van der Waals surface area contributed by atoms with Crippen LogP contribution in [0.4, 0.5) is 11.8 Å². The quantitative estimate of drug-likeness (QED) is 0.622. The van der Waals surface area contributed by atoms with E-state index in [0.717, 1.165) is 11.3 Å². The molecule has 1 N–H and O–H groups in total. The molecule has 24 heavy (non-hydrogen) atoms. The molecule has 3 aromatic heterocycles. The molecule has 7 nitrogen and oxygen atoms in total. The maximum absolute atomic E-state index is 5.57. The molecule has 0 saturated heterocycles. The van der Waals surface area contributed by atoms with Crippen LogP contribution in [0.15, 0.2) is 65.5 Å². The van der Waals surface area contributed by atoms with Crippen LogP contribution in [0.2, 0.25) is 0 Å². The van der Waals surface area contributed by atoms with Crippen molar-refractivity contribution in [1.82, 2.24) is 24.7 Å². The van der Waals surface area contributed by atoms with Crippen molar-refractivity contribution in [3.05, 3.63) is 61.1 Å². The number of hydrogen-bond donors (Lipinski definition) is 1. The largest absolute Gasteiger partial charge is 0.443 e. The topological polar surface area (TPSA) is 81.7 Å². The van der Waals surface area contributed by atoms with Gasteiger partial charge < -0.3 is 9.73 Å². The minimum Gasteiger partial charge on any atom is -0.443 e. The SMILES string of the molecule is Cn1ccc(Nc2nccc(-c3nc(-c4ccccc4)co3)n2)n1. The molecule has 0 saturated carbocycles. The lowest BCUT2D eigenvalue weighted by atomic mass is 10.2. The van der Waals surface area contributed by atoms with Gasteiger partial charge in [0.1, 0.15) is 17.7 Å². The fourth-order valence-electron chi connectivity index (χ4n) is 2.27. The molecule has 0 spiro atoms. The van der Waals surface area contributed by atoms with Crippen LogP contribution in [0.5, 0.6) is 0 Å². The molecular formula is C17H14N6O. The van der Waals surface area contributed by atoms with E-state index in [-0.39, 0.29) is 0 Å². The molecule has 4 rings (SSSR count). The highest BCUT2D eigenvalue weighted by molar-refractivity contribution is 5.61. The Morgan fingerprint density at radius 3 is 2.67 bits per heavy atom. The van der Waals surface area contributed by atoms with Crippen LogP contribution in [0.1, 0.15) is 0 Å². The summed E-state index contributed by atoms with van der Waals surface area (Å²) in [5, 5.41) is 7.29. The Morgan fingerprint density at radius 1 is 1.00 bits per heavy atom. The zero-order chi connectivity index (χ0) is 16.4. The van der Waals surface area contributed by atoms with E-state index in [4.69, 9.17) is 4.42 Å². The van der Waals surface area contributed by atoms with Crippen LogP contribution < -0.4 is 5.32 Å². The Hall–Kier alpha value is -3.48. The number of hydrogen-bond acceptors (Lipinski definition) is 6. The van der Waals surface area contributed by atoms with E-state index in [9.17, 15) is 0 Å². The van der Waals surface area contributed by atoms with Gasteiger partial charge in [-0.1, -0.05) is 30.3 Å². The lowest BCUT2D eigenvalue weighted by Gasteiger charge is -2.01. The number of rotatable bonds is 4. The van der Waals surface area contributed by atoms with Gasteiger partial charge in [-0.25, -0.2) is 15.0 Å². The summed E-state index contributed by atoms with van der Waals surface area (Å²) in [5.41, 5.74) is 2.36. The van der Waals surface area contributed by atoms with Crippen LogP contribution in [-0.4, -0.2) is 24.7 Å². The van der Waals surface area contributed by atoms with Crippen molar-refractivity contribution in [2.45, 2.75) is 0 Å². The number of aryl methyl sites for hydroxylation is 1. The molecule has 0 aliphatic heterocycles. The van der Waals surface area contributed by atoms with Gasteiger partial charge in [-0.05, 0) is 6.07 Å². The minimum absolute atomic E-state index is 0.436. The first-order chi connectivity index (χ1) is 11.8. The van der Waals surface area contributed by atoms with Gasteiger partial charge in [0.15, 0.2) is 5.82 Å². The van der Waals surface area contributed by atoms with Gasteiger partial charge in [-0.3, -0.25) is 4.68 Å². The lowest BCUT2D eigenvalue weighted by Crippen LogP contribution is -1.99. The maximum atomic E-state index is 5.57. The highest BCUT2D eigenvalue weighted by atomic mass is 16.3. The normalized spacial score (nSPS) is 10.7. The van der Waals surface area contributed by atoms with E-state index in [1.165, 1.54) is 0 Å². The van der Waals surface area contributed by atoms with E-state index >= 15 is 0 Å². The third-order valence-corrected chi connectivity index (χ3v) is 3.40. The summed E-state index contributed by atoms with van der Waals surface area (Å²) in [4.78, 5) is 13.1. The molecule has 0 aliphatic carbocycles. The molecule has 0 radical (unpaired) electrons. The highest BCUT2D eigenvalue weighted by Gasteiger charge is 2.11. The standard InChI is InChI=1S/C17H14N6O/c1-23-10-8-15(22-23)21-17-18-9-7-13(20-17)16-19-14(11-24-16)12-5-3-2-4-6-12/h2-11H,1H3,(H,18,20,21,22). The number of benzene rings is 1. The van der Waals surface area contributed by atoms with Crippen LogP contribution in [0, 0.1) is 0 Å². The Labute approximate surface area is 138 Å². The molecule has 0 bridgehead atoms. The molecule has 0 amide bonds. The van der Waals surface area contributed by atoms with E-state index in [1.807, 2.05) is 49.6 Å². The molecule has 0 fully saturated rings. The lowest BCUT2D eigenvalue weighted by molar-refractivity contribution is 0.572.